The average Bonchev–Trinajstić information content (AvgIpc) is 2.90. The SMILES string of the molecule is Oc1cc(-c2ccccn2)cc2c1OCCN(Cc1cccc(C(F)(F)F)c1)C2. The summed E-state index contributed by atoms with van der Waals surface area (Å²) in [7, 11) is 0. The third-order valence-electron chi connectivity index (χ3n) is 4.82. The van der Waals surface area contributed by atoms with Crippen LogP contribution in [0.1, 0.15) is 16.7 Å². The summed E-state index contributed by atoms with van der Waals surface area (Å²) in [6.07, 6.45) is -2.69. The molecule has 4 nitrogen and oxygen atoms in total. The third kappa shape index (κ3) is 4.35. The highest BCUT2D eigenvalue weighted by Gasteiger charge is 2.30. The number of fused-ring (bicyclic) bond motifs is 1. The minimum Gasteiger partial charge on any atom is -0.504 e. The van der Waals surface area contributed by atoms with E-state index in [4.69, 9.17) is 4.74 Å². The molecule has 0 amide bonds. The molecule has 0 radical (unpaired) electrons. The monoisotopic (exact) mass is 400 g/mol. The molecule has 150 valence electrons. The Balaban J connectivity index is 1.60. The standard InChI is InChI=1S/C22H19F3N2O2/c23-22(24,25)18-5-3-4-15(10-18)13-27-8-9-29-21-17(14-27)11-16(12-20(21)28)19-6-1-2-7-26-19/h1-7,10-12,28H,8-9,13-14H2. The van der Waals surface area contributed by atoms with Crippen molar-refractivity contribution in [3.8, 4) is 22.8 Å². The normalized spacial score (nSPS) is 14.7. The molecule has 1 aromatic heterocycles. The van der Waals surface area contributed by atoms with E-state index >= 15 is 0 Å². The van der Waals surface area contributed by atoms with E-state index in [0.29, 0.717) is 37.6 Å². The van der Waals surface area contributed by atoms with Crippen molar-refractivity contribution in [1.29, 1.82) is 0 Å². The van der Waals surface area contributed by atoms with E-state index in [-0.39, 0.29) is 5.75 Å². The van der Waals surface area contributed by atoms with Crippen LogP contribution in [-0.4, -0.2) is 28.1 Å². The molecular formula is C22H19F3N2O2. The molecule has 0 spiro atoms. The van der Waals surface area contributed by atoms with Crippen molar-refractivity contribution in [2.45, 2.75) is 19.3 Å². The van der Waals surface area contributed by atoms with Gasteiger partial charge < -0.3 is 9.84 Å². The second-order valence-electron chi connectivity index (χ2n) is 6.96. The summed E-state index contributed by atoms with van der Waals surface area (Å²) in [5.41, 5.74) is 2.17. The van der Waals surface area contributed by atoms with E-state index in [1.807, 2.05) is 29.2 Å². The fraction of sp³-hybridized carbons (Fsp3) is 0.227. The van der Waals surface area contributed by atoms with Crippen LogP contribution in [-0.2, 0) is 19.3 Å². The van der Waals surface area contributed by atoms with Crippen molar-refractivity contribution in [2.24, 2.45) is 0 Å². The van der Waals surface area contributed by atoms with Crippen LogP contribution < -0.4 is 4.74 Å². The number of benzene rings is 2. The van der Waals surface area contributed by atoms with Gasteiger partial charge in [-0.3, -0.25) is 9.88 Å². The van der Waals surface area contributed by atoms with Gasteiger partial charge in [-0.15, -0.1) is 0 Å². The van der Waals surface area contributed by atoms with Crippen LogP contribution in [0.3, 0.4) is 0 Å². The molecule has 0 unspecified atom stereocenters. The summed E-state index contributed by atoms with van der Waals surface area (Å²) in [6, 6.07) is 14.4. The van der Waals surface area contributed by atoms with Gasteiger partial charge in [0.25, 0.3) is 0 Å². The van der Waals surface area contributed by atoms with Crippen LogP contribution in [0.25, 0.3) is 11.3 Å². The lowest BCUT2D eigenvalue weighted by Gasteiger charge is -2.20. The largest absolute Gasteiger partial charge is 0.504 e. The number of alkyl halides is 3. The molecule has 0 bridgehead atoms. The van der Waals surface area contributed by atoms with Crippen molar-refractivity contribution in [2.75, 3.05) is 13.2 Å². The fourth-order valence-electron chi connectivity index (χ4n) is 3.47. The van der Waals surface area contributed by atoms with Gasteiger partial charge in [0.15, 0.2) is 11.5 Å². The minimum atomic E-state index is -4.37. The smallest absolute Gasteiger partial charge is 0.416 e. The van der Waals surface area contributed by atoms with Gasteiger partial charge in [0.2, 0.25) is 0 Å². The second kappa shape index (κ2) is 7.75. The number of pyridine rings is 1. The van der Waals surface area contributed by atoms with Gasteiger partial charge in [-0.05, 0) is 35.9 Å². The molecule has 0 fully saturated rings. The Morgan fingerprint density at radius 2 is 1.93 bits per heavy atom. The molecule has 4 rings (SSSR count). The van der Waals surface area contributed by atoms with Gasteiger partial charge in [-0.2, -0.15) is 13.2 Å². The summed E-state index contributed by atoms with van der Waals surface area (Å²) < 4.78 is 44.7. The van der Waals surface area contributed by atoms with E-state index < -0.39 is 11.7 Å². The van der Waals surface area contributed by atoms with Crippen LogP contribution >= 0.6 is 0 Å². The summed E-state index contributed by atoms with van der Waals surface area (Å²) in [4.78, 5) is 6.31. The predicted molar refractivity (Wildman–Crippen MR) is 102 cm³/mol. The molecule has 1 aliphatic rings. The van der Waals surface area contributed by atoms with Crippen LogP contribution in [0.2, 0.25) is 0 Å². The van der Waals surface area contributed by atoms with Crippen molar-refractivity contribution in [3.05, 3.63) is 77.5 Å². The summed E-state index contributed by atoms with van der Waals surface area (Å²) >= 11 is 0. The number of halogens is 3. The molecule has 3 aromatic rings. The first-order chi connectivity index (χ1) is 13.9. The molecular weight excluding hydrogens is 381 g/mol. The molecule has 1 aliphatic heterocycles. The number of rotatable bonds is 3. The zero-order valence-corrected chi connectivity index (χ0v) is 15.5. The van der Waals surface area contributed by atoms with Crippen LogP contribution in [0.4, 0.5) is 13.2 Å². The number of aromatic hydroxyl groups is 1. The molecule has 0 atom stereocenters. The number of ether oxygens (including phenoxy) is 1. The minimum absolute atomic E-state index is 0.0315. The lowest BCUT2D eigenvalue weighted by atomic mass is 10.0. The average molecular weight is 400 g/mol. The zero-order chi connectivity index (χ0) is 20.4. The summed E-state index contributed by atoms with van der Waals surface area (Å²) in [5, 5.41) is 10.4. The van der Waals surface area contributed by atoms with Crippen molar-refractivity contribution in [1.82, 2.24) is 9.88 Å². The third-order valence-corrected chi connectivity index (χ3v) is 4.82. The lowest BCUT2D eigenvalue weighted by molar-refractivity contribution is -0.137. The summed E-state index contributed by atoms with van der Waals surface area (Å²) in [6.45, 7) is 1.66. The molecule has 1 N–H and O–H groups in total. The molecule has 0 aliphatic carbocycles. The first-order valence-electron chi connectivity index (χ1n) is 9.19. The number of hydrogen-bond acceptors (Lipinski definition) is 4. The van der Waals surface area contributed by atoms with Crippen molar-refractivity contribution < 1.29 is 23.0 Å². The lowest BCUT2D eigenvalue weighted by Crippen LogP contribution is -2.25. The number of nitrogens with zero attached hydrogens (tertiary/aromatic N) is 2. The molecule has 2 aromatic carbocycles. The highest BCUT2D eigenvalue weighted by atomic mass is 19.4. The van der Waals surface area contributed by atoms with Crippen LogP contribution in [0.5, 0.6) is 11.5 Å². The first-order valence-corrected chi connectivity index (χ1v) is 9.19. The van der Waals surface area contributed by atoms with E-state index in [1.54, 1.807) is 18.3 Å². The highest BCUT2D eigenvalue weighted by molar-refractivity contribution is 5.66. The Kier molecular flexibility index (Phi) is 5.15. The van der Waals surface area contributed by atoms with Gasteiger partial charge in [-0.1, -0.05) is 24.3 Å². The molecule has 2 heterocycles. The molecule has 0 saturated heterocycles. The van der Waals surface area contributed by atoms with E-state index in [9.17, 15) is 18.3 Å². The number of aromatic nitrogens is 1. The van der Waals surface area contributed by atoms with Gasteiger partial charge in [0.05, 0.1) is 11.3 Å². The van der Waals surface area contributed by atoms with Gasteiger partial charge in [0, 0.05) is 37.0 Å². The Labute approximate surface area is 166 Å². The first kappa shape index (κ1) is 19.3. The van der Waals surface area contributed by atoms with Crippen molar-refractivity contribution >= 4 is 0 Å². The topological polar surface area (TPSA) is 45.6 Å². The second-order valence-corrected chi connectivity index (χ2v) is 6.96. The van der Waals surface area contributed by atoms with E-state index in [1.165, 1.54) is 12.1 Å². The Bertz CT molecular complexity index is 1010. The number of hydrogen-bond donors (Lipinski definition) is 1. The number of phenolic OH excluding ortho intramolecular Hbond substituents is 1. The maximum atomic E-state index is 13.0. The fourth-order valence-corrected chi connectivity index (χ4v) is 3.47. The highest BCUT2D eigenvalue weighted by Crippen LogP contribution is 2.37. The van der Waals surface area contributed by atoms with E-state index in [2.05, 4.69) is 4.98 Å². The van der Waals surface area contributed by atoms with E-state index in [0.717, 1.165) is 22.9 Å². The molecule has 29 heavy (non-hydrogen) atoms. The molecule has 0 saturated carbocycles. The van der Waals surface area contributed by atoms with Crippen molar-refractivity contribution in [3.63, 3.8) is 0 Å². The van der Waals surface area contributed by atoms with Gasteiger partial charge in [-0.25, -0.2) is 0 Å². The van der Waals surface area contributed by atoms with Gasteiger partial charge in [0.1, 0.15) is 6.61 Å². The predicted octanol–water partition coefficient (Wildman–Crippen LogP) is 4.87. The molecule has 7 heteroatoms. The summed E-state index contributed by atoms with van der Waals surface area (Å²) in [5.74, 6) is 0.445. The van der Waals surface area contributed by atoms with Gasteiger partial charge >= 0.3 is 6.18 Å². The Morgan fingerprint density at radius 3 is 2.69 bits per heavy atom. The maximum Gasteiger partial charge on any atom is 0.416 e. The van der Waals surface area contributed by atoms with Crippen LogP contribution in [0, 0.1) is 0 Å². The maximum absolute atomic E-state index is 13.0. The Hall–Kier alpha value is -3.06. The quantitative estimate of drug-likeness (QED) is 0.682. The Morgan fingerprint density at radius 1 is 1.07 bits per heavy atom. The number of phenols is 1. The zero-order valence-electron chi connectivity index (χ0n) is 15.5. The van der Waals surface area contributed by atoms with Crippen LogP contribution in [0.15, 0.2) is 60.8 Å².